The molecule has 1 amide bonds. The van der Waals surface area contributed by atoms with Crippen LogP contribution < -0.4 is 9.47 Å². The van der Waals surface area contributed by atoms with Crippen molar-refractivity contribution in [1.29, 1.82) is 5.26 Å². The quantitative estimate of drug-likeness (QED) is 0.819. The van der Waals surface area contributed by atoms with E-state index in [0.717, 1.165) is 18.4 Å². The number of amides is 1. The summed E-state index contributed by atoms with van der Waals surface area (Å²) in [6.45, 7) is 3.08. The van der Waals surface area contributed by atoms with Gasteiger partial charge in [-0.1, -0.05) is 12.1 Å². The molecule has 1 aromatic heterocycles. The lowest BCUT2D eigenvalue weighted by Crippen LogP contribution is -2.46. The minimum absolute atomic E-state index is 0.00917. The Morgan fingerprint density at radius 1 is 1.38 bits per heavy atom. The van der Waals surface area contributed by atoms with Crippen LogP contribution in [0.15, 0.2) is 36.7 Å². The molecule has 1 aliphatic rings. The Hall–Kier alpha value is -3.14. The van der Waals surface area contributed by atoms with Crippen molar-refractivity contribution in [2.45, 2.75) is 25.9 Å². The second kappa shape index (κ2) is 8.30. The van der Waals surface area contributed by atoms with Crippen LogP contribution in [0.2, 0.25) is 0 Å². The van der Waals surface area contributed by atoms with Crippen molar-refractivity contribution in [3.8, 4) is 17.7 Å². The number of nitriles is 1. The molecule has 0 N–H and O–H groups in total. The Morgan fingerprint density at radius 2 is 2.23 bits per heavy atom. The van der Waals surface area contributed by atoms with Crippen LogP contribution in [0.4, 0.5) is 0 Å². The fourth-order valence-corrected chi connectivity index (χ4v) is 2.85. The van der Waals surface area contributed by atoms with Crippen LogP contribution in [0, 0.1) is 18.3 Å². The Balaban J connectivity index is 1.56. The third-order valence-electron chi connectivity index (χ3n) is 4.13. The molecule has 1 aliphatic heterocycles. The highest BCUT2D eigenvalue weighted by atomic mass is 16.5. The lowest BCUT2D eigenvalue weighted by atomic mass is 10.1. The molecule has 1 aromatic carbocycles. The molecular formula is C19H20N4O3. The van der Waals surface area contributed by atoms with E-state index in [0.29, 0.717) is 18.8 Å². The van der Waals surface area contributed by atoms with E-state index < -0.39 is 0 Å². The van der Waals surface area contributed by atoms with Crippen molar-refractivity contribution in [3.63, 3.8) is 0 Å². The smallest absolute Gasteiger partial charge is 0.260 e. The number of hydrogen-bond acceptors (Lipinski definition) is 6. The molecule has 7 nitrogen and oxygen atoms in total. The van der Waals surface area contributed by atoms with Gasteiger partial charge in [0, 0.05) is 18.9 Å². The first-order valence-corrected chi connectivity index (χ1v) is 8.50. The maximum atomic E-state index is 12.4. The predicted octanol–water partition coefficient (Wildman–Crippen LogP) is 2.11. The maximum absolute atomic E-state index is 12.4. The van der Waals surface area contributed by atoms with Crippen molar-refractivity contribution in [2.75, 3.05) is 19.7 Å². The number of nitrogens with zero attached hydrogens (tertiary/aromatic N) is 4. The van der Waals surface area contributed by atoms with Gasteiger partial charge in [0.15, 0.2) is 6.61 Å². The van der Waals surface area contributed by atoms with Crippen molar-refractivity contribution >= 4 is 5.91 Å². The molecule has 1 atom stereocenters. The van der Waals surface area contributed by atoms with Gasteiger partial charge in [-0.05, 0) is 37.5 Å². The lowest BCUT2D eigenvalue weighted by Gasteiger charge is -2.32. The van der Waals surface area contributed by atoms with Gasteiger partial charge in [0.25, 0.3) is 11.8 Å². The van der Waals surface area contributed by atoms with Crippen LogP contribution in [-0.2, 0) is 4.79 Å². The fourth-order valence-electron chi connectivity index (χ4n) is 2.85. The summed E-state index contributed by atoms with van der Waals surface area (Å²) in [5, 5.41) is 9.07. The minimum Gasteiger partial charge on any atom is -0.484 e. The van der Waals surface area contributed by atoms with Crippen molar-refractivity contribution in [3.05, 3.63) is 47.9 Å². The number of aryl methyl sites for hydroxylation is 1. The van der Waals surface area contributed by atoms with Crippen LogP contribution in [0.3, 0.4) is 0 Å². The first kappa shape index (κ1) is 17.7. The largest absolute Gasteiger partial charge is 0.484 e. The van der Waals surface area contributed by atoms with Gasteiger partial charge < -0.3 is 14.4 Å². The molecule has 0 radical (unpaired) electrons. The second-order valence-electron chi connectivity index (χ2n) is 6.15. The number of rotatable bonds is 5. The Morgan fingerprint density at radius 3 is 3.04 bits per heavy atom. The van der Waals surface area contributed by atoms with Gasteiger partial charge in [0.05, 0.1) is 6.54 Å². The van der Waals surface area contributed by atoms with Gasteiger partial charge >= 0.3 is 0 Å². The van der Waals surface area contributed by atoms with E-state index in [1.165, 1.54) is 12.4 Å². The molecular weight excluding hydrogens is 332 g/mol. The zero-order valence-corrected chi connectivity index (χ0v) is 14.6. The Bertz CT molecular complexity index is 818. The summed E-state index contributed by atoms with van der Waals surface area (Å²) in [7, 11) is 0. The topological polar surface area (TPSA) is 88.3 Å². The van der Waals surface area contributed by atoms with E-state index in [4.69, 9.17) is 14.7 Å². The zero-order chi connectivity index (χ0) is 18.4. The summed E-state index contributed by atoms with van der Waals surface area (Å²) in [5.41, 5.74) is 1.23. The predicted molar refractivity (Wildman–Crippen MR) is 93.7 cm³/mol. The van der Waals surface area contributed by atoms with Gasteiger partial charge in [0.2, 0.25) is 5.69 Å². The number of benzene rings is 1. The second-order valence-corrected chi connectivity index (χ2v) is 6.15. The molecule has 134 valence electrons. The molecule has 0 unspecified atom stereocenters. The summed E-state index contributed by atoms with van der Waals surface area (Å²) in [6, 6.07) is 9.56. The standard InChI is InChI=1S/C19H20N4O3/c1-14-4-2-5-15(10-14)25-13-18(24)23-9-3-6-16(12-23)26-19-17(11-20)21-7-8-22-19/h2,4-5,7-8,10,16H,3,6,9,12-13H2,1H3/t16-/m0/s1. The number of piperidine rings is 1. The highest BCUT2D eigenvalue weighted by molar-refractivity contribution is 5.77. The van der Waals surface area contributed by atoms with Gasteiger partial charge in [-0.2, -0.15) is 5.26 Å². The summed E-state index contributed by atoms with van der Waals surface area (Å²) in [5.74, 6) is 0.811. The first-order chi connectivity index (χ1) is 12.7. The number of carbonyl (C=O) groups excluding carboxylic acids is 1. The number of aromatic nitrogens is 2. The number of ether oxygens (including phenoxy) is 2. The van der Waals surface area contributed by atoms with Gasteiger partial charge in [-0.3, -0.25) is 4.79 Å². The highest BCUT2D eigenvalue weighted by Crippen LogP contribution is 2.19. The Labute approximate surface area is 152 Å². The van der Waals surface area contributed by atoms with Gasteiger partial charge in [0.1, 0.15) is 17.9 Å². The van der Waals surface area contributed by atoms with Gasteiger partial charge in [-0.25, -0.2) is 9.97 Å². The third kappa shape index (κ3) is 4.48. The molecule has 0 saturated carbocycles. The number of carbonyl (C=O) groups is 1. The number of hydrogen-bond donors (Lipinski definition) is 0. The molecule has 1 saturated heterocycles. The third-order valence-corrected chi connectivity index (χ3v) is 4.13. The maximum Gasteiger partial charge on any atom is 0.260 e. The van der Waals surface area contributed by atoms with E-state index in [1.807, 2.05) is 37.3 Å². The lowest BCUT2D eigenvalue weighted by molar-refractivity contribution is -0.136. The molecule has 0 bridgehead atoms. The van der Waals surface area contributed by atoms with Crippen molar-refractivity contribution in [2.24, 2.45) is 0 Å². The molecule has 26 heavy (non-hydrogen) atoms. The van der Waals surface area contributed by atoms with E-state index >= 15 is 0 Å². The molecule has 3 rings (SSSR count). The summed E-state index contributed by atoms with van der Waals surface area (Å²) in [6.07, 6.45) is 4.34. The molecule has 2 aromatic rings. The van der Waals surface area contributed by atoms with E-state index in [1.54, 1.807) is 4.90 Å². The summed E-state index contributed by atoms with van der Waals surface area (Å²) >= 11 is 0. The number of likely N-dealkylation sites (tertiary alicyclic amines) is 1. The average Bonchev–Trinajstić information content (AvgIpc) is 2.67. The molecule has 2 heterocycles. The van der Waals surface area contributed by atoms with Gasteiger partial charge in [-0.15, -0.1) is 0 Å². The summed E-state index contributed by atoms with van der Waals surface area (Å²) < 4.78 is 11.4. The highest BCUT2D eigenvalue weighted by Gasteiger charge is 2.26. The van der Waals surface area contributed by atoms with E-state index in [-0.39, 0.29) is 30.2 Å². The van der Waals surface area contributed by atoms with E-state index in [2.05, 4.69) is 9.97 Å². The van der Waals surface area contributed by atoms with Crippen LogP contribution >= 0.6 is 0 Å². The van der Waals surface area contributed by atoms with Crippen LogP contribution in [0.5, 0.6) is 11.6 Å². The fraction of sp³-hybridized carbons (Fsp3) is 0.368. The SMILES string of the molecule is Cc1cccc(OCC(=O)N2CCC[C@H](Oc3nccnc3C#N)C2)c1. The first-order valence-electron chi connectivity index (χ1n) is 8.50. The van der Waals surface area contributed by atoms with Crippen LogP contribution in [-0.4, -0.2) is 46.6 Å². The normalized spacial score (nSPS) is 16.6. The monoisotopic (exact) mass is 352 g/mol. The molecule has 0 aliphatic carbocycles. The van der Waals surface area contributed by atoms with Crippen LogP contribution in [0.1, 0.15) is 24.1 Å². The molecule has 7 heteroatoms. The van der Waals surface area contributed by atoms with E-state index in [9.17, 15) is 4.79 Å². The van der Waals surface area contributed by atoms with Crippen molar-refractivity contribution in [1.82, 2.24) is 14.9 Å². The van der Waals surface area contributed by atoms with Crippen molar-refractivity contribution < 1.29 is 14.3 Å². The molecule has 0 spiro atoms. The van der Waals surface area contributed by atoms with Crippen LogP contribution in [0.25, 0.3) is 0 Å². The minimum atomic E-state index is -0.213. The zero-order valence-electron chi connectivity index (χ0n) is 14.6. The molecule has 1 fully saturated rings. The average molecular weight is 352 g/mol. The summed E-state index contributed by atoms with van der Waals surface area (Å²) in [4.78, 5) is 22.2. The Kier molecular flexibility index (Phi) is 5.64.